The highest BCUT2D eigenvalue weighted by Crippen LogP contribution is 2.35. The van der Waals surface area contributed by atoms with Crippen LogP contribution in [0, 0.1) is 5.82 Å². The Kier molecular flexibility index (Phi) is 4.92. The zero-order valence-corrected chi connectivity index (χ0v) is 14.8. The summed E-state index contributed by atoms with van der Waals surface area (Å²) >= 11 is 3.30. The molecule has 0 fully saturated rings. The molecule has 0 heterocycles. The van der Waals surface area contributed by atoms with Crippen molar-refractivity contribution in [1.29, 1.82) is 0 Å². The predicted molar refractivity (Wildman–Crippen MR) is 88.4 cm³/mol. The summed E-state index contributed by atoms with van der Waals surface area (Å²) in [5.41, 5.74) is 0.851. The summed E-state index contributed by atoms with van der Waals surface area (Å²) in [6.45, 7) is 3.23. The van der Waals surface area contributed by atoms with E-state index in [9.17, 15) is 12.8 Å². The molecule has 0 aliphatic heterocycles. The van der Waals surface area contributed by atoms with Gasteiger partial charge in [-0.05, 0) is 50.2 Å². The van der Waals surface area contributed by atoms with E-state index >= 15 is 0 Å². The normalized spacial score (nSPS) is 11.7. The summed E-state index contributed by atoms with van der Waals surface area (Å²) in [6.07, 6.45) is 0. The minimum atomic E-state index is -3.41. The van der Waals surface area contributed by atoms with Gasteiger partial charge in [0.25, 0.3) is 0 Å². The second-order valence-corrected chi connectivity index (χ2v) is 8.50. The molecule has 0 saturated carbocycles. The van der Waals surface area contributed by atoms with Crippen molar-refractivity contribution in [3.8, 4) is 16.9 Å². The van der Waals surface area contributed by atoms with Crippen LogP contribution in [-0.4, -0.2) is 20.8 Å². The lowest BCUT2D eigenvalue weighted by Crippen LogP contribution is -2.14. The third-order valence-electron chi connectivity index (χ3n) is 3.34. The van der Waals surface area contributed by atoms with Crippen molar-refractivity contribution in [2.45, 2.75) is 24.0 Å². The summed E-state index contributed by atoms with van der Waals surface area (Å²) < 4.78 is 44.5. The average molecular weight is 387 g/mol. The highest BCUT2D eigenvalue weighted by molar-refractivity contribution is 9.10. The standard InChI is InChI=1S/C16H16BrFO3S/c1-10(2)22(19,20)12-5-6-13(16(9-12)21-3)14-8-11(17)4-7-15(14)18/h4-10H,1-3H3. The number of hydrogen-bond acceptors (Lipinski definition) is 3. The van der Waals surface area contributed by atoms with Crippen molar-refractivity contribution in [2.75, 3.05) is 7.11 Å². The number of hydrogen-bond donors (Lipinski definition) is 0. The molecular weight excluding hydrogens is 371 g/mol. The van der Waals surface area contributed by atoms with Gasteiger partial charge in [0, 0.05) is 15.6 Å². The number of sulfone groups is 1. The summed E-state index contributed by atoms with van der Waals surface area (Å²) in [6, 6.07) is 9.06. The van der Waals surface area contributed by atoms with Crippen molar-refractivity contribution in [1.82, 2.24) is 0 Å². The van der Waals surface area contributed by atoms with Crippen LogP contribution >= 0.6 is 15.9 Å². The summed E-state index contributed by atoms with van der Waals surface area (Å²) in [5.74, 6) is -0.0836. The molecule has 0 aliphatic rings. The second-order valence-electron chi connectivity index (χ2n) is 5.08. The van der Waals surface area contributed by atoms with Gasteiger partial charge >= 0.3 is 0 Å². The van der Waals surface area contributed by atoms with Crippen LogP contribution in [-0.2, 0) is 9.84 Å². The fraction of sp³-hybridized carbons (Fsp3) is 0.250. The first kappa shape index (κ1) is 17.0. The van der Waals surface area contributed by atoms with E-state index < -0.39 is 20.9 Å². The molecule has 22 heavy (non-hydrogen) atoms. The minimum absolute atomic E-state index is 0.165. The zero-order valence-electron chi connectivity index (χ0n) is 12.4. The Balaban J connectivity index is 2.63. The quantitative estimate of drug-likeness (QED) is 0.779. The Hall–Kier alpha value is -1.40. The molecule has 2 aromatic rings. The molecule has 0 radical (unpaired) electrons. The molecule has 118 valence electrons. The van der Waals surface area contributed by atoms with Crippen LogP contribution in [0.1, 0.15) is 13.8 Å². The highest BCUT2D eigenvalue weighted by Gasteiger charge is 2.21. The maximum absolute atomic E-state index is 14.0. The van der Waals surface area contributed by atoms with Crippen molar-refractivity contribution in [3.05, 3.63) is 46.7 Å². The van der Waals surface area contributed by atoms with Gasteiger partial charge in [-0.1, -0.05) is 15.9 Å². The van der Waals surface area contributed by atoms with Gasteiger partial charge in [-0.25, -0.2) is 12.8 Å². The SMILES string of the molecule is COc1cc(S(=O)(=O)C(C)C)ccc1-c1cc(Br)ccc1F. The van der Waals surface area contributed by atoms with Gasteiger partial charge in [0.15, 0.2) is 9.84 Å². The highest BCUT2D eigenvalue weighted by atomic mass is 79.9. The first-order valence-corrected chi connectivity index (χ1v) is 8.98. The van der Waals surface area contributed by atoms with Gasteiger partial charge in [-0.3, -0.25) is 0 Å². The van der Waals surface area contributed by atoms with Crippen LogP contribution in [0.5, 0.6) is 5.75 Å². The first-order chi connectivity index (χ1) is 10.3. The van der Waals surface area contributed by atoms with Gasteiger partial charge in [0.1, 0.15) is 11.6 Å². The number of rotatable bonds is 4. The van der Waals surface area contributed by atoms with Crippen LogP contribution in [0.25, 0.3) is 11.1 Å². The lowest BCUT2D eigenvalue weighted by molar-refractivity contribution is 0.414. The Morgan fingerprint density at radius 3 is 2.36 bits per heavy atom. The predicted octanol–water partition coefficient (Wildman–Crippen LogP) is 4.45. The topological polar surface area (TPSA) is 43.4 Å². The van der Waals surface area contributed by atoms with Gasteiger partial charge in [-0.2, -0.15) is 0 Å². The van der Waals surface area contributed by atoms with E-state index in [1.807, 2.05) is 0 Å². The van der Waals surface area contributed by atoms with Gasteiger partial charge in [0.2, 0.25) is 0 Å². The maximum atomic E-state index is 14.0. The van der Waals surface area contributed by atoms with Crippen molar-refractivity contribution in [2.24, 2.45) is 0 Å². The Morgan fingerprint density at radius 1 is 1.09 bits per heavy atom. The zero-order chi connectivity index (χ0) is 16.5. The molecule has 2 aromatic carbocycles. The van der Waals surface area contributed by atoms with E-state index in [2.05, 4.69) is 15.9 Å². The van der Waals surface area contributed by atoms with E-state index in [1.54, 1.807) is 32.0 Å². The van der Waals surface area contributed by atoms with E-state index in [0.29, 0.717) is 16.9 Å². The fourth-order valence-corrected chi connectivity index (χ4v) is 3.48. The summed E-state index contributed by atoms with van der Waals surface area (Å²) in [7, 11) is -1.98. The van der Waals surface area contributed by atoms with Crippen molar-refractivity contribution < 1.29 is 17.5 Å². The van der Waals surface area contributed by atoms with E-state index in [0.717, 1.165) is 4.47 Å². The van der Waals surface area contributed by atoms with E-state index in [-0.39, 0.29) is 4.90 Å². The average Bonchev–Trinajstić information content (AvgIpc) is 2.48. The molecule has 0 spiro atoms. The maximum Gasteiger partial charge on any atom is 0.180 e. The largest absolute Gasteiger partial charge is 0.496 e. The first-order valence-electron chi connectivity index (χ1n) is 6.64. The van der Waals surface area contributed by atoms with Crippen LogP contribution in [0.15, 0.2) is 45.8 Å². The van der Waals surface area contributed by atoms with E-state index in [4.69, 9.17) is 4.74 Å². The number of methoxy groups -OCH3 is 1. The Labute approximate surface area is 138 Å². The lowest BCUT2D eigenvalue weighted by Gasteiger charge is -2.13. The minimum Gasteiger partial charge on any atom is -0.496 e. The lowest BCUT2D eigenvalue weighted by atomic mass is 10.0. The molecule has 0 aliphatic carbocycles. The monoisotopic (exact) mass is 386 g/mol. The van der Waals surface area contributed by atoms with Gasteiger partial charge in [-0.15, -0.1) is 0 Å². The molecule has 0 saturated heterocycles. The van der Waals surface area contributed by atoms with Crippen molar-refractivity contribution >= 4 is 25.8 Å². The van der Waals surface area contributed by atoms with Crippen molar-refractivity contribution in [3.63, 3.8) is 0 Å². The Bertz CT molecular complexity index is 801. The van der Waals surface area contributed by atoms with Crippen LogP contribution in [0.3, 0.4) is 0 Å². The number of benzene rings is 2. The van der Waals surface area contributed by atoms with Crippen LogP contribution in [0.2, 0.25) is 0 Å². The smallest absolute Gasteiger partial charge is 0.180 e. The molecular formula is C16H16BrFO3S. The van der Waals surface area contributed by atoms with E-state index in [1.165, 1.54) is 25.3 Å². The summed E-state index contributed by atoms with van der Waals surface area (Å²) in [5, 5.41) is -0.536. The third-order valence-corrected chi connectivity index (χ3v) is 5.99. The van der Waals surface area contributed by atoms with Crippen LogP contribution in [0.4, 0.5) is 4.39 Å². The van der Waals surface area contributed by atoms with Gasteiger partial charge in [0.05, 0.1) is 17.3 Å². The van der Waals surface area contributed by atoms with Crippen LogP contribution < -0.4 is 4.74 Å². The second kappa shape index (κ2) is 6.38. The molecule has 0 atom stereocenters. The Morgan fingerprint density at radius 2 is 1.77 bits per heavy atom. The molecule has 0 unspecified atom stereocenters. The molecule has 2 rings (SSSR count). The molecule has 3 nitrogen and oxygen atoms in total. The molecule has 0 N–H and O–H groups in total. The number of halogens is 2. The molecule has 0 aromatic heterocycles. The third kappa shape index (κ3) is 3.17. The summed E-state index contributed by atoms with van der Waals surface area (Å²) in [4.78, 5) is 0.165. The van der Waals surface area contributed by atoms with Gasteiger partial charge < -0.3 is 4.74 Å². The molecule has 0 amide bonds. The number of ether oxygens (including phenoxy) is 1. The fourth-order valence-electron chi connectivity index (χ4n) is 2.05. The molecule has 0 bridgehead atoms. The molecule has 6 heteroatoms.